The molecule has 18 heavy (non-hydrogen) atoms. The Hall–Kier alpha value is -0.470. The van der Waals surface area contributed by atoms with Gasteiger partial charge in [0.05, 0.1) is 0 Å². The fourth-order valence-electron chi connectivity index (χ4n) is 2.02. The van der Waals surface area contributed by atoms with Gasteiger partial charge in [0.25, 0.3) is 0 Å². The minimum atomic E-state index is -3.33. The van der Waals surface area contributed by atoms with Crippen molar-refractivity contribution in [1.82, 2.24) is 4.37 Å². The summed E-state index contributed by atoms with van der Waals surface area (Å²) in [5.74, 6) is 1.10. The molecular weight excluding hydrogens is 290 g/mol. The van der Waals surface area contributed by atoms with Crippen molar-refractivity contribution in [2.75, 3.05) is 35.7 Å². The molecule has 0 bridgehead atoms. The second-order valence-electron chi connectivity index (χ2n) is 5.00. The molecule has 8 heteroatoms. The molecule has 2 N–H and O–H groups in total. The summed E-state index contributed by atoms with van der Waals surface area (Å²) in [7, 11) is -3.33. The normalized spacial score (nSPS) is 20.1. The van der Waals surface area contributed by atoms with Crippen molar-refractivity contribution in [3.05, 3.63) is 0 Å². The van der Waals surface area contributed by atoms with E-state index >= 15 is 0 Å². The molecule has 0 aromatic carbocycles. The third-order valence-corrected chi connectivity index (χ3v) is 6.23. The van der Waals surface area contributed by atoms with Crippen molar-refractivity contribution in [1.29, 1.82) is 0 Å². The summed E-state index contributed by atoms with van der Waals surface area (Å²) in [5, 5.41) is 0.684. The number of aromatic nitrogens is 1. The molecule has 0 atom stereocenters. The van der Waals surface area contributed by atoms with Crippen molar-refractivity contribution in [2.45, 2.75) is 23.5 Å². The van der Waals surface area contributed by atoms with Crippen LogP contribution in [0.4, 0.5) is 10.8 Å². The maximum absolute atomic E-state index is 11.8. The predicted octanol–water partition coefficient (Wildman–Crippen LogP) is 1.46. The molecule has 2 rings (SSSR count). The Kier molecular flexibility index (Phi) is 3.54. The zero-order chi connectivity index (χ0) is 13.6. The van der Waals surface area contributed by atoms with E-state index in [-0.39, 0.29) is 15.5 Å². The number of rotatable bonds is 2. The van der Waals surface area contributed by atoms with E-state index in [4.69, 9.17) is 5.73 Å². The van der Waals surface area contributed by atoms with E-state index in [9.17, 15) is 8.42 Å². The van der Waals surface area contributed by atoms with Crippen molar-refractivity contribution >= 4 is 44.0 Å². The summed E-state index contributed by atoms with van der Waals surface area (Å²) >= 11 is 3.07. The topological polar surface area (TPSA) is 76.3 Å². The smallest absolute Gasteiger partial charge is 0.182 e. The van der Waals surface area contributed by atoms with Gasteiger partial charge in [0, 0.05) is 29.8 Å². The second-order valence-corrected chi connectivity index (χ2v) is 9.51. The first-order valence-electron chi connectivity index (χ1n) is 5.55. The number of nitrogen functional groups attached to an aromatic ring is 1. The lowest BCUT2D eigenvalue weighted by atomic mass is 10.2. The first-order valence-corrected chi connectivity index (χ1v) is 9.20. The molecule has 1 saturated heterocycles. The van der Waals surface area contributed by atoms with Gasteiger partial charge in [0.15, 0.2) is 15.7 Å². The average Bonchev–Trinajstić information content (AvgIpc) is 2.58. The molecule has 1 aliphatic rings. The van der Waals surface area contributed by atoms with Crippen LogP contribution in [0.2, 0.25) is 0 Å². The van der Waals surface area contributed by atoms with Crippen LogP contribution in [0, 0.1) is 0 Å². The first-order chi connectivity index (χ1) is 8.21. The number of thioether (sulfide) groups is 1. The maximum atomic E-state index is 11.8. The third kappa shape index (κ3) is 2.75. The zero-order valence-corrected chi connectivity index (χ0v) is 13.1. The molecule has 1 aromatic rings. The van der Waals surface area contributed by atoms with E-state index in [1.54, 1.807) is 0 Å². The van der Waals surface area contributed by atoms with Gasteiger partial charge in [-0.05, 0) is 25.4 Å². The monoisotopic (exact) mass is 307 g/mol. The minimum Gasteiger partial charge on any atom is -0.382 e. The lowest BCUT2D eigenvalue weighted by Gasteiger charge is -2.38. The van der Waals surface area contributed by atoms with Crippen LogP contribution in [0.3, 0.4) is 0 Å². The van der Waals surface area contributed by atoms with Gasteiger partial charge in [0.2, 0.25) is 0 Å². The van der Waals surface area contributed by atoms with Gasteiger partial charge < -0.3 is 10.6 Å². The number of hydrogen-bond acceptors (Lipinski definition) is 7. The van der Waals surface area contributed by atoms with Gasteiger partial charge in [-0.25, -0.2) is 8.42 Å². The maximum Gasteiger partial charge on any atom is 0.182 e. The Bertz CT molecular complexity index is 551. The molecular formula is C10H17N3O2S3. The van der Waals surface area contributed by atoms with E-state index < -0.39 is 9.84 Å². The molecule has 0 spiro atoms. The van der Waals surface area contributed by atoms with Crippen LogP contribution in [0.1, 0.15) is 13.8 Å². The second kappa shape index (κ2) is 4.57. The van der Waals surface area contributed by atoms with Crippen LogP contribution in [-0.2, 0) is 9.84 Å². The molecule has 1 aliphatic heterocycles. The summed E-state index contributed by atoms with van der Waals surface area (Å²) in [5.41, 5.74) is 5.69. The molecule has 0 unspecified atom stereocenters. The van der Waals surface area contributed by atoms with Crippen LogP contribution >= 0.6 is 23.3 Å². The highest BCUT2D eigenvalue weighted by Crippen LogP contribution is 2.39. The standard InChI is InChI=1S/C10H17N3O2S3/c1-10(2)6-13(4-5-16-10)9-7(18(3,14)15)8(11)12-17-9/h4-6H2,1-3H3,(H2,11,12). The first kappa shape index (κ1) is 14.0. The summed E-state index contributed by atoms with van der Waals surface area (Å²) in [6.45, 7) is 5.96. The SMILES string of the molecule is CC1(C)CN(c2snc(N)c2S(C)(=O)=O)CCS1. The van der Waals surface area contributed by atoms with Crippen LogP contribution in [-0.4, -0.2) is 42.6 Å². The largest absolute Gasteiger partial charge is 0.382 e. The van der Waals surface area contributed by atoms with Crippen LogP contribution in [0.15, 0.2) is 4.90 Å². The van der Waals surface area contributed by atoms with Crippen molar-refractivity contribution < 1.29 is 8.42 Å². The Morgan fingerprint density at radius 2 is 2.11 bits per heavy atom. The van der Waals surface area contributed by atoms with Crippen LogP contribution < -0.4 is 10.6 Å². The number of nitrogens with two attached hydrogens (primary N) is 1. The number of hydrogen-bond donors (Lipinski definition) is 1. The van der Waals surface area contributed by atoms with Gasteiger partial charge >= 0.3 is 0 Å². The predicted molar refractivity (Wildman–Crippen MR) is 78.4 cm³/mol. The number of anilines is 2. The average molecular weight is 307 g/mol. The zero-order valence-electron chi connectivity index (χ0n) is 10.6. The fraction of sp³-hybridized carbons (Fsp3) is 0.700. The molecule has 2 heterocycles. The van der Waals surface area contributed by atoms with E-state index in [0.29, 0.717) is 5.00 Å². The van der Waals surface area contributed by atoms with Gasteiger partial charge in [-0.2, -0.15) is 16.1 Å². The van der Waals surface area contributed by atoms with E-state index in [0.717, 1.165) is 18.8 Å². The molecule has 1 fully saturated rings. The molecule has 102 valence electrons. The lowest BCUT2D eigenvalue weighted by molar-refractivity contribution is 0.600. The summed E-state index contributed by atoms with van der Waals surface area (Å²) in [4.78, 5) is 2.27. The molecule has 0 amide bonds. The third-order valence-electron chi connectivity index (χ3n) is 2.74. The van der Waals surface area contributed by atoms with Crippen LogP contribution in [0.25, 0.3) is 0 Å². The summed E-state index contributed by atoms with van der Waals surface area (Å²) < 4.78 is 27.7. The molecule has 0 saturated carbocycles. The lowest BCUT2D eigenvalue weighted by Crippen LogP contribution is -2.43. The fourth-order valence-corrected chi connectivity index (χ4v) is 5.37. The number of sulfone groups is 1. The Morgan fingerprint density at radius 3 is 2.67 bits per heavy atom. The highest BCUT2D eigenvalue weighted by atomic mass is 32.2. The van der Waals surface area contributed by atoms with Gasteiger partial charge in [-0.1, -0.05) is 0 Å². The van der Waals surface area contributed by atoms with E-state index in [1.807, 2.05) is 11.8 Å². The summed E-state index contributed by atoms with van der Waals surface area (Å²) in [6, 6.07) is 0. The highest BCUT2D eigenvalue weighted by Gasteiger charge is 2.32. The molecule has 0 aliphatic carbocycles. The number of nitrogens with zero attached hydrogens (tertiary/aromatic N) is 2. The van der Waals surface area contributed by atoms with Crippen LogP contribution in [0.5, 0.6) is 0 Å². The van der Waals surface area contributed by atoms with Gasteiger partial charge in [-0.3, -0.25) is 0 Å². The van der Waals surface area contributed by atoms with Gasteiger partial charge in [-0.15, -0.1) is 0 Å². The minimum absolute atomic E-state index is 0.117. The highest BCUT2D eigenvalue weighted by molar-refractivity contribution is 8.00. The van der Waals surface area contributed by atoms with Crippen molar-refractivity contribution in [2.24, 2.45) is 0 Å². The van der Waals surface area contributed by atoms with E-state index in [2.05, 4.69) is 23.1 Å². The molecule has 0 radical (unpaired) electrons. The van der Waals surface area contributed by atoms with Gasteiger partial charge in [0.1, 0.15) is 9.90 Å². The molecule has 1 aromatic heterocycles. The quantitative estimate of drug-likeness (QED) is 0.891. The Labute approximate surface area is 116 Å². The Morgan fingerprint density at radius 1 is 1.44 bits per heavy atom. The molecule has 5 nitrogen and oxygen atoms in total. The van der Waals surface area contributed by atoms with E-state index in [1.165, 1.54) is 17.8 Å². The Balaban J connectivity index is 2.41. The van der Waals surface area contributed by atoms with Crippen molar-refractivity contribution in [3.8, 4) is 0 Å². The van der Waals surface area contributed by atoms with Crippen molar-refractivity contribution in [3.63, 3.8) is 0 Å². The summed E-state index contributed by atoms with van der Waals surface area (Å²) in [6.07, 6.45) is 1.18.